The molecule has 3 heterocycles. The highest BCUT2D eigenvalue weighted by Gasteiger charge is 2.20. The van der Waals surface area contributed by atoms with Crippen molar-refractivity contribution in [1.82, 2.24) is 23.6 Å². The van der Waals surface area contributed by atoms with Crippen molar-refractivity contribution in [1.29, 1.82) is 0 Å². The van der Waals surface area contributed by atoms with E-state index >= 15 is 0 Å². The summed E-state index contributed by atoms with van der Waals surface area (Å²) in [5.74, 6) is 0.238. The SMILES string of the molecule is CC(C)Cn1c(=O)n(C)c(=O)c2c1nc(Cl)n2CN1C=CC=CC1. The summed E-state index contributed by atoms with van der Waals surface area (Å²) >= 11 is 6.29. The van der Waals surface area contributed by atoms with Crippen LogP contribution in [0.25, 0.3) is 11.2 Å². The summed E-state index contributed by atoms with van der Waals surface area (Å²) in [4.78, 5) is 31.4. The molecule has 1 aliphatic rings. The second-order valence-electron chi connectivity index (χ2n) is 6.31. The van der Waals surface area contributed by atoms with Crippen LogP contribution in [-0.4, -0.2) is 30.1 Å². The Bertz CT molecular complexity index is 948. The highest BCUT2D eigenvalue weighted by Crippen LogP contribution is 2.18. The van der Waals surface area contributed by atoms with E-state index in [0.29, 0.717) is 24.4 Å². The Labute approximate surface area is 144 Å². The van der Waals surface area contributed by atoms with E-state index in [1.54, 1.807) is 4.57 Å². The van der Waals surface area contributed by atoms with Crippen LogP contribution in [-0.2, 0) is 20.3 Å². The van der Waals surface area contributed by atoms with Crippen LogP contribution < -0.4 is 11.2 Å². The summed E-state index contributed by atoms with van der Waals surface area (Å²) in [5.41, 5.74) is -0.0571. The Morgan fingerprint density at radius 3 is 2.62 bits per heavy atom. The van der Waals surface area contributed by atoms with Gasteiger partial charge in [-0.2, -0.15) is 4.98 Å². The molecule has 24 heavy (non-hydrogen) atoms. The second-order valence-corrected chi connectivity index (χ2v) is 6.65. The Morgan fingerprint density at radius 2 is 2.00 bits per heavy atom. The summed E-state index contributed by atoms with van der Waals surface area (Å²) in [6.07, 6.45) is 7.82. The van der Waals surface area contributed by atoms with Crippen molar-refractivity contribution in [2.45, 2.75) is 27.1 Å². The van der Waals surface area contributed by atoms with E-state index in [2.05, 4.69) is 4.98 Å². The highest BCUT2D eigenvalue weighted by atomic mass is 35.5. The zero-order valence-electron chi connectivity index (χ0n) is 13.9. The molecule has 0 saturated heterocycles. The minimum atomic E-state index is -0.383. The smallest absolute Gasteiger partial charge is 0.332 e. The molecular formula is C16H20ClN5O2. The molecular weight excluding hydrogens is 330 g/mol. The minimum absolute atomic E-state index is 0.202. The molecule has 2 aromatic heterocycles. The van der Waals surface area contributed by atoms with Crippen LogP contribution in [0.15, 0.2) is 34.0 Å². The third kappa shape index (κ3) is 2.80. The van der Waals surface area contributed by atoms with Gasteiger partial charge in [-0.3, -0.25) is 18.5 Å². The molecule has 0 fully saturated rings. The number of allylic oxidation sites excluding steroid dienone is 2. The Morgan fingerprint density at radius 1 is 1.25 bits per heavy atom. The molecule has 0 saturated carbocycles. The number of aromatic nitrogens is 4. The summed E-state index contributed by atoms with van der Waals surface area (Å²) in [6.45, 7) is 5.60. The highest BCUT2D eigenvalue weighted by molar-refractivity contribution is 6.29. The Balaban J connectivity index is 2.21. The minimum Gasteiger partial charge on any atom is -0.356 e. The van der Waals surface area contributed by atoms with Gasteiger partial charge in [0.2, 0.25) is 5.28 Å². The maximum absolute atomic E-state index is 12.6. The Hall–Kier alpha value is -2.28. The van der Waals surface area contributed by atoms with Gasteiger partial charge in [0.25, 0.3) is 5.56 Å². The molecule has 0 N–H and O–H groups in total. The van der Waals surface area contributed by atoms with E-state index in [-0.39, 0.29) is 22.5 Å². The average Bonchev–Trinajstić information content (AvgIpc) is 2.87. The van der Waals surface area contributed by atoms with E-state index in [4.69, 9.17) is 11.6 Å². The molecule has 0 unspecified atom stereocenters. The van der Waals surface area contributed by atoms with Crippen molar-refractivity contribution in [2.75, 3.05) is 6.54 Å². The van der Waals surface area contributed by atoms with E-state index in [0.717, 1.165) is 11.1 Å². The molecule has 2 aromatic rings. The van der Waals surface area contributed by atoms with Crippen LogP contribution >= 0.6 is 11.6 Å². The predicted molar refractivity (Wildman–Crippen MR) is 94.1 cm³/mol. The number of halogens is 1. The van der Waals surface area contributed by atoms with Crippen molar-refractivity contribution in [3.05, 3.63) is 50.5 Å². The quantitative estimate of drug-likeness (QED) is 0.785. The molecule has 0 amide bonds. The van der Waals surface area contributed by atoms with Gasteiger partial charge in [0.15, 0.2) is 11.2 Å². The lowest BCUT2D eigenvalue weighted by Crippen LogP contribution is -2.39. The standard InChI is InChI=1S/C16H20ClN5O2/c1-11(2)9-21-13-12(14(23)19(3)16(21)24)22(15(17)18-13)10-20-7-5-4-6-8-20/h4-7,11H,8-10H2,1-3H3. The fraction of sp³-hybridized carbons (Fsp3) is 0.438. The van der Waals surface area contributed by atoms with Crippen molar-refractivity contribution in [2.24, 2.45) is 13.0 Å². The first-order chi connectivity index (χ1) is 11.4. The van der Waals surface area contributed by atoms with Crippen LogP contribution in [0.3, 0.4) is 0 Å². The fourth-order valence-corrected chi connectivity index (χ4v) is 3.00. The van der Waals surface area contributed by atoms with Crippen LogP contribution in [0.5, 0.6) is 0 Å². The molecule has 3 rings (SSSR count). The molecule has 7 nitrogen and oxygen atoms in total. The number of hydrogen-bond donors (Lipinski definition) is 0. The monoisotopic (exact) mass is 349 g/mol. The molecule has 0 aliphatic carbocycles. The molecule has 0 radical (unpaired) electrons. The summed E-state index contributed by atoms with van der Waals surface area (Å²) < 4.78 is 4.29. The lowest BCUT2D eigenvalue weighted by Gasteiger charge is -2.21. The summed E-state index contributed by atoms with van der Waals surface area (Å²) in [6, 6.07) is 0. The largest absolute Gasteiger partial charge is 0.356 e. The molecule has 1 aliphatic heterocycles. The van der Waals surface area contributed by atoms with Gasteiger partial charge in [-0.1, -0.05) is 26.0 Å². The molecule has 0 atom stereocenters. The lowest BCUT2D eigenvalue weighted by atomic mass is 10.2. The van der Waals surface area contributed by atoms with E-state index in [1.807, 2.05) is 43.2 Å². The van der Waals surface area contributed by atoms with Crippen LogP contribution in [0.1, 0.15) is 13.8 Å². The first-order valence-corrected chi connectivity index (χ1v) is 8.21. The normalized spacial score (nSPS) is 14.3. The third-order valence-electron chi connectivity index (χ3n) is 3.94. The van der Waals surface area contributed by atoms with Crippen LogP contribution in [0, 0.1) is 5.92 Å². The number of hydrogen-bond acceptors (Lipinski definition) is 4. The zero-order valence-corrected chi connectivity index (χ0v) is 14.7. The first kappa shape index (κ1) is 16.6. The van der Waals surface area contributed by atoms with Crippen LogP contribution in [0.4, 0.5) is 0 Å². The molecule has 8 heteroatoms. The molecule has 0 spiro atoms. The summed E-state index contributed by atoms with van der Waals surface area (Å²) in [7, 11) is 1.48. The lowest BCUT2D eigenvalue weighted by molar-refractivity contribution is 0.335. The van der Waals surface area contributed by atoms with Gasteiger partial charge in [-0.05, 0) is 23.6 Å². The predicted octanol–water partition coefficient (Wildman–Crippen LogP) is 1.55. The second kappa shape index (κ2) is 6.32. The van der Waals surface area contributed by atoms with E-state index < -0.39 is 0 Å². The zero-order chi connectivity index (χ0) is 17.4. The first-order valence-electron chi connectivity index (χ1n) is 7.83. The molecule has 0 bridgehead atoms. The van der Waals surface area contributed by atoms with Crippen molar-refractivity contribution < 1.29 is 0 Å². The molecule has 0 aromatic carbocycles. The van der Waals surface area contributed by atoms with Gasteiger partial charge in [0.1, 0.15) is 0 Å². The third-order valence-corrected chi connectivity index (χ3v) is 4.23. The average molecular weight is 350 g/mol. The topological polar surface area (TPSA) is 65.1 Å². The van der Waals surface area contributed by atoms with Gasteiger partial charge in [0, 0.05) is 26.3 Å². The van der Waals surface area contributed by atoms with Gasteiger partial charge in [-0.15, -0.1) is 0 Å². The van der Waals surface area contributed by atoms with Gasteiger partial charge in [-0.25, -0.2) is 4.79 Å². The van der Waals surface area contributed by atoms with E-state index in [1.165, 1.54) is 11.6 Å². The Kier molecular flexibility index (Phi) is 4.36. The molecule has 128 valence electrons. The van der Waals surface area contributed by atoms with Crippen molar-refractivity contribution in [3.63, 3.8) is 0 Å². The summed E-state index contributed by atoms with van der Waals surface area (Å²) in [5, 5.41) is 0.202. The maximum atomic E-state index is 12.6. The van der Waals surface area contributed by atoms with Gasteiger partial charge >= 0.3 is 5.69 Å². The van der Waals surface area contributed by atoms with Crippen molar-refractivity contribution in [3.8, 4) is 0 Å². The number of imidazole rings is 1. The number of nitrogens with zero attached hydrogens (tertiary/aromatic N) is 5. The van der Waals surface area contributed by atoms with Gasteiger partial charge < -0.3 is 4.90 Å². The number of rotatable bonds is 4. The van der Waals surface area contributed by atoms with Crippen molar-refractivity contribution >= 4 is 22.8 Å². The van der Waals surface area contributed by atoms with Crippen LogP contribution in [0.2, 0.25) is 5.28 Å². The van der Waals surface area contributed by atoms with E-state index in [9.17, 15) is 9.59 Å². The fourth-order valence-electron chi connectivity index (χ4n) is 2.78. The number of fused-ring (bicyclic) bond motifs is 1. The maximum Gasteiger partial charge on any atom is 0.332 e. The van der Waals surface area contributed by atoms with Gasteiger partial charge in [0.05, 0.1) is 6.67 Å².